The first-order valence-corrected chi connectivity index (χ1v) is 15.5. The highest BCUT2D eigenvalue weighted by Gasteiger charge is 2.09. The van der Waals surface area contributed by atoms with Gasteiger partial charge in [0.2, 0.25) is 0 Å². The predicted octanol–water partition coefficient (Wildman–Crippen LogP) is 9.70. The topological polar surface area (TPSA) is 49.8 Å². The number of methoxy groups -OCH3 is 2. The Bertz CT molecular complexity index is 1690. The van der Waals surface area contributed by atoms with Crippen molar-refractivity contribution in [1.82, 2.24) is 4.98 Å². The minimum atomic E-state index is 0.619. The molecule has 0 saturated heterocycles. The molecule has 5 rings (SSSR count). The van der Waals surface area contributed by atoms with Crippen LogP contribution >= 0.6 is 11.3 Å². The van der Waals surface area contributed by atoms with Gasteiger partial charge in [0.25, 0.3) is 0 Å². The average molecular weight is 594 g/mol. The molecule has 4 aromatic carbocycles. The zero-order valence-corrected chi connectivity index (χ0v) is 26.4. The fourth-order valence-electron chi connectivity index (χ4n) is 4.95. The Balaban J connectivity index is 1.08. The van der Waals surface area contributed by atoms with Crippen molar-refractivity contribution in [2.45, 2.75) is 40.0 Å². The molecule has 1 heterocycles. The van der Waals surface area contributed by atoms with Crippen molar-refractivity contribution < 1.29 is 18.9 Å². The molecule has 222 valence electrons. The SMILES string of the molecule is COc1ccc(/C=C\c2cc(C)c(C)c(OC)c2)cc1OCCCCCOc1ccc(-c2nc3ccccc3s2)cc1C. The largest absolute Gasteiger partial charge is 0.496 e. The summed E-state index contributed by atoms with van der Waals surface area (Å²) >= 11 is 1.72. The molecule has 0 aliphatic heterocycles. The Kier molecular flexibility index (Phi) is 10.0. The summed E-state index contributed by atoms with van der Waals surface area (Å²) < 4.78 is 24.5. The van der Waals surface area contributed by atoms with Gasteiger partial charge >= 0.3 is 0 Å². The molecule has 0 atom stereocenters. The first-order chi connectivity index (χ1) is 20.9. The number of rotatable bonds is 13. The van der Waals surface area contributed by atoms with Crippen molar-refractivity contribution >= 4 is 33.7 Å². The van der Waals surface area contributed by atoms with Crippen LogP contribution in [0, 0.1) is 20.8 Å². The molecule has 0 radical (unpaired) electrons. The summed E-state index contributed by atoms with van der Waals surface area (Å²) in [6.07, 6.45) is 7.09. The number of unbranched alkanes of at least 4 members (excludes halogenated alkanes) is 2. The highest BCUT2D eigenvalue weighted by molar-refractivity contribution is 7.21. The summed E-state index contributed by atoms with van der Waals surface area (Å²) in [5.74, 6) is 3.31. The van der Waals surface area contributed by atoms with Crippen LogP contribution in [0.15, 0.2) is 72.8 Å². The molecule has 1 aromatic heterocycles. The number of hydrogen-bond acceptors (Lipinski definition) is 6. The van der Waals surface area contributed by atoms with E-state index in [1.807, 2.05) is 24.3 Å². The Morgan fingerprint density at radius 2 is 1.35 bits per heavy atom. The first-order valence-electron chi connectivity index (χ1n) is 14.7. The van der Waals surface area contributed by atoms with Gasteiger partial charge in [0.05, 0.1) is 37.6 Å². The summed E-state index contributed by atoms with van der Waals surface area (Å²) in [5, 5.41) is 1.04. The van der Waals surface area contributed by atoms with E-state index in [4.69, 9.17) is 23.9 Å². The fourth-order valence-corrected chi connectivity index (χ4v) is 5.91. The van der Waals surface area contributed by atoms with Crippen LogP contribution in [0.2, 0.25) is 0 Å². The molecule has 0 N–H and O–H groups in total. The summed E-state index contributed by atoms with van der Waals surface area (Å²) in [4.78, 5) is 4.78. The maximum absolute atomic E-state index is 6.13. The standard InChI is InChI=1S/C37H39NO4S/c1-25-21-29(24-34(40-5)27(25)3)14-13-28-15-17-33(39-4)35(23-28)42-20-10-6-9-19-41-32-18-16-30(22-26(32)2)37-38-31-11-7-8-12-36(31)43-37/h7-8,11-18,21-24H,6,9-10,19-20H2,1-5H3/b14-13-. The highest BCUT2D eigenvalue weighted by atomic mass is 32.1. The summed E-state index contributed by atoms with van der Waals surface area (Å²) in [7, 11) is 3.38. The molecule has 0 bridgehead atoms. The lowest BCUT2D eigenvalue weighted by Gasteiger charge is -2.12. The third-order valence-electron chi connectivity index (χ3n) is 7.54. The van der Waals surface area contributed by atoms with E-state index in [0.29, 0.717) is 13.2 Å². The van der Waals surface area contributed by atoms with Crippen LogP contribution in [0.3, 0.4) is 0 Å². The lowest BCUT2D eigenvalue weighted by Crippen LogP contribution is -2.02. The van der Waals surface area contributed by atoms with Crippen molar-refractivity contribution in [2.75, 3.05) is 27.4 Å². The Morgan fingerprint density at radius 1 is 0.651 bits per heavy atom. The van der Waals surface area contributed by atoms with E-state index in [2.05, 4.69) is 81.5 Å². The predicted molar refractivity (Wildman–Crippen MR) is 179 cm³/mol. The van der Waals surface area contributed by atoms with Gasteiger partial charge in [-0.15, -0.1) is 11.3 Å². The summed E-state index contributed by atoms with van der Waals surface area (Å²) in [5.41, 5.74) is 7.81. The second-order valence-corrected chi connectivity index (χ2v) is 11.7. The smallest absolute Gasteiger partial charge is 0.161 e. The lowest BCUT2D eigenvalue weighted by atomic mass is 10.0. The van der Waals surface area contributed by atoms with Crippen molar-refractivity contribution in [2.24, 2.45) is 0 Å². The monoisotopic (exact) mass is 593 g/mol. The zero-order valence-electron chi connectivity index (χ0n) is 25.6. The van der Waals surface area contributed by atoms with Crippen molar-refractivity contribution in [3.63, 3.8) is 0 Å². The first kappa shape index (κ1) is 30.2. The molecular weight excluding hydrogens is 554 g/mol. The van der Waals surface area contributed by atoms with Crippen LogP contribution in [0.1, 0.15) is 47.1 Å². The van der Waals surface area contributed by atoms with Gasteiger partial charge in [0, 0.05) is 5.56 Å². The second kappa shape index (κ2) is 14.3. The van der Waals surface area contributed by atoms with Gasteiger partial charge in [-0.05, 0) is 116 Å². The van der Waals surface area contributed by atoms with Crippen molar-refractivity contribution in [1.29, 1.82) is 0 Å². The number of fused-ring (bicyclic) bond motifs is 1. The van der Waals surface area contributed by atoms with E-state index in [-0.39, 0.29) is 0 Å². The van der Waals surface area contributed by atoms with E-state index < -0.39 is 0 Å². The maximum Gasteiger partial charge on any atom is 0.161 e. The third kappa shape index (κ3) is 7.57. The fraction of sp³-hybridized carbons (Fsp3) is 0.270. The molecule has 0 amide bonds. The average Bonchev–Trinajstić information content (AvgIpc) is 3.46. The number of para-hydroxylation sites is 1. The van der Waals surface area contributed by atoms with Crippen LogP contribution in [0.4, 0.5) is 0 Å². The quantitative estimate of drug-likeness (QED) is 0.100. The third-order valence-corrected chi connectivity index (χ3v) is 8.62. The molecule has 43 heavy (non-hydrogen) atoms. The second-order valence-electron chi connectivity index (χ2n) is 10.6. The highest BCUT2D eigenvalue weighted by Crippen LogP contribution is 2.33. The van der Waals surface area contributed by atoms with Gasteiger partial charge in [0.15, 0.2) is 11.5 Å². The molecule has 5 aromatic rings. The summed E-state index contributed by atoms with van der Waals surface area (Å²) in [6, 6.07) is 24.8. The number of thiazole rings is 1. The zero-order chi connectivity index (χ0) is 30.2. The number of aryl methyl sites for hydroxylation is 2. The van der Waals surface area contributed by atoms with Crippen LogP contribution in [-0.4, -0.2) is 32.4 Å². The molecule has 0 unspecified atom stereocenters. The van der Waals surface area contributed by atoms with Gasteiger partial charge in [-0.2, -0.15) is 0 Å². The van der Waals surface area contributed by atoms with Crippen molar-refractivity contribution in [3.05, 3.63) is 101 Å². The molecule has 0 aliphatic rings. The number of nitrogens with zero attached hydrogens (tertiary/aromatic N) is 1. The molecular formula is C37H39NO4S. The molecule has 0 spiro atoms. The van der Waals surface area contributed by atoms with Gasteiger partial charge < -0.3 is 18.9 Å². The van der Waals surface area contributed by atoms with Gasteiger partial charge in [-0.1, -0.05) is 36.4 Å². The number of aromatic nitrogens is 1. The van der Waals surface area contributed by atoms with Gasteiger partial charge in [-0.25, -0.2) is 4.98 Å². The van der Waals surface area contributed by atoms with E-state index in [1.165, 1.54) is 10.3 Å². The minimum Gasteiger partial charge on any atom is -0.496 e. The normalized spacial score (nSPS) is 11.3. The Labute approximate surface area is 258 Å². The number of ether oxygens (including phenoxy) is 4. The molecule has 0 saturated carbocycles. The van der Waals surface area contributed by atoms with Crippen LogP contribution < -0.4 is 18.9 Å². The van der Waals surface area contributed by atoms with Gasteiger partial charge in [-0.3, -0.25) is 0 Å². The molecule has 0 fully saturated rings. The molecule has 5 nitrogen and oxygen atoms in total. The van der Waals surface area contributed by atoms with E-state index in [0.717, 1.165) is 80.6 Å². The van der Waals surface area contributed by atoms with Crippen molar-refractivity contribution in [3.8, 4) is 33.6 Å². The van der Waals surface area contributed by atoms with Crippen LogP contribution in [0.5, 0.6) is 23.0 Å². The minimum absolute atomic E-state index is 0.619. The van der Waals surface area contributed by atoms with E-state index in [9.17, 15) is 0 Å². The Hall–Kier alpha value is -4.29. The van der Waals surface area contributed by atoms with Gasteiger partial charge in [0.1, 0.15) is 16.5 Å². The Morgan fingerprint density at radius 3 is 2.09 bits per heavy atom. The van der Waals surface area contributed by atoms with Crippen LogP contribution in [-0.2, 0) is 0 Å². The maximum atomic E-state index is 6.13. The number of hydrogen-bond donors (Lipinski definition) is 0. The van der Waals surface area contributed by atoms with Crippen LogP contribution in [0.25, 0.3) is 32.9 Å². The number of benzene rings is 4. The molecule has 6 heteroatoms. The summed E-state index contributed by atoms with van der Waals surface area (Å²) in [6.45, 7) is 7.56. The van der Waals surface area contributed by atoms with E-state index >= 15 is 0 Å². The molecule has 0 aliphatic carbocycles. The lowest BCUT2D eigenvalue weighted by molar-refractivity contribution is 0.269. The van der Waals surface area contributed by atoms with E-state index in [1.54, 1.807) is 25.6 Å².